The highest BCUT2D eigenvalue weighted by Crippen LogP contribution is 2.16. The van der Waals surface area contributed by atoms with E-state index in [0.29, 0.717) is 11.4 Å². The van der Waals surface area contributed by atoms with Crippen LogP contribution in [0, 0.1) is 17.0 Å². The topological polar surface area (TPSA) is 97.4 Å². The number of nitro groups is 1. The number of furan rings is 1. The van der Waals surface area contributed by atoms with Crippen molar-refractivity contribution in [3.63, 3.8) is 0 Å². The van der Waals surface area contributed by atoms with E-state index in [1.54, 1.807) is 25.1 Å². The van der Waals surface area contributed by atoms with Crippen molar-refractivity contribution < 1.29 is 14.1 Å². The fourth-order valence-corrected chi connectivity index (χ4v) is 1.93. The van der Waals surface area contributed by atoms with Gasteiger partial charge in [-0.25, -0.2) is 0 Å². The molecule has 2 rings (SSSR count). The van der Waals surface area contributed by atoms with Gasteiger partial charge in [-0.2, -0.15) is 0 Å². The highest BCUT2D eigenvalue weighted by Gasteiger charge is 2.07. The van der Waals surface area contributed by atoms with Gasteiger partial charge in [-0.15, -0.1) is 0 Å². The largest absolute Gasteiger partial charge is 0.462 e. The van der Waals surface area contributed by atoms with Crippen molar-refractivity contribution in [2.45, 2.75) is 6.92 Å². The van der Waals surface area contributed by atoms with Gasteiger partial charge in [0.2, 0.25) is 5.91 Å². The lowest BCUT2D eigenvalue weighted by Gasteiger charge is -2.07. The molecule has 0 radical (unpaired) electrons. The molecule has 1 amide bonds. The van der Waals surface area contributed by atoms with E-state index in [4.69, 9.17) is 16.6 Å². The number of hydrogen-bond donors (Lipinski definition) is 2. The second-order valence-corrected chi connectivity index (χ2v) is 4.94. The third kappa shape index (κ3) is 5.04. The number of non-ortho nitro benzene ring substituents is 1. The molecule has 23 heavy (non-hydrogen) atoms. The zero-order valence-electron chi connectivity index (χ0n) is 12.1. The van der Waals surface area contributed by atoms with Gasteiger partial charge >= 0.3 is 0 Å². The molecule has 0 aliphatic heterocycles. The molecule has 0 spiro atoms. The lowest BCUT2D eigenvalue weighted by atomic mass is 10.3. The Morgan fingerprint density at radius 1 is 1.35 bits per heavy atom. The van der Waals surface area contributed by atoms with Gasteiger partial charge in [0, 0.05) is 23.9 Å². The number of nitrogens with zero attached hydrogens (tertiary/aromatic N) is 1. The van der Waals surface area contributed by atoms with Crippen LogP contribution in [0.15, 0.2) is 46.9 Å². The Hall–Kier alpha value is -3.00. The second-order valence-electron chi connectivity index (χ2n) is 4.53. The first-order valence-electron chi connectivity index (χ1n) is 6.55. The molecule has 0 saturated heterocycles. The molecule has 8 heteroatoms. The summed E-state index contributed by atoms with van der Waals surface area (Å²) in [4.78, 5) is 21.9. The summed E-state index contributed by atoms with van der Waals surface area (Å²) in [6, 6.07) is 9.32. The molecular formula is C15H13N3O4S. The highest BCUT2D eigenvalue weighted by molar-refractivity contribution is 7.80. The van der Waals surface area contributed by atoms with Gasteiger partial charge in [0.05, 0.1) is 4.92 Å². The third-order valence-electron chi connectivity index (χ3n) is 2.71. The highest BCUT2D eigenvalue weighted by atomic mass is 32.1. The van der Waals surface area contributed by atoms with Gasteiger partial charge in [-0.1, -0.05) is 6.07 Å². The molecule has 7 nitrogen and oxygen atoms in total. The van der Waals surface area contributed by atoms with Crippen LogP contribution in [0.2, 0.25) is 0 Å². The summed E-state index contributed by atoms with van der Waals surface area (Å²) >= 11 is 4.99. The minimum Gasteiger partial charge on any atom is -0.462 e. The summed E-state index contributed by atoms with van der Waals surface area (Å²) in [7, 11) is 0. The maximum atomic E-state index is 11.7. The van der Waals surface area contributed by atoms with E-state index in [2.05, 4.69) is 10.6 Å². The maximum Gasteiger partial charge on any atom is 0.271 e. The molecule has 1 aromatic carbocycles. The van der Waals surface area contributed by atoms with Crippen molar-refractivity contribution in [1.29, 1.82) is 0 Å². The molecule has 1 heterocycles. The van der Waals surface area contributed by atoms with E-state index in [0.717, 1.165) is 5.76 Å². The summed E-state index contributed by atoms with van der Waals surface area (Å²) in [6.45, 7) is 1.80. The normalized spacial score (nSPS) is 10.5. The van der Waals surface area contributed by atoms with Crippen LogP contribution in [-0.2, 0) is 4.79 Å². The summed E-state index contributed by atoms with van der Waals surface area (Å²) in [5.41, 5.74) is 0.340. The van der Waals surface area contributed by atoms with Gasteiger partial charge in [0.15, 0.2) is 5.11 Å². The van der Waals surface area contributed by atoms with Crippen LogP contribution in [0.25, 0.3) is 6.08 Å². The maximum absolute atomic E-state index is 11.7. The smallest absolute Gasteiger partial charge is 0.271 e. The number of carbonyl (C=O) groups is 1. The molecular weight excluding hydrogens is 318 g/mol. The molecule has 0 atom stereocenters. The van der Waals surface area contributed by atoms with Gasteiger partial charge in [0.1, 0.15) is 11.5 Å². The lowest BCUT2D eigenvalue weighted by molar-refractivity contribution is -0.384. The number of rotatable bonds is 4. The fourth-order valence-electron chi connectivity index (χ4n) is 1.71. The molecule has 0 aliphatic carbocycles. The number of hydrogen-bond acceptors (Lipinski definition) is 5. The zero-order valence-corrected chi connectivity index (χ0v) is 12.9. The Kier molecular flexibility index (Phi) is 5.21. The van der Waals surface area contributed by atoms with Crippen molar-refractivity contribution in [3.05, 3.63) is 64.1 Å². The van der Waals surface area contributed by atoms with Crippen molar-refractivity contribution in [3.8, 4) is 0 Å². The average molecular weight is 331 g/mol. The summed E-state index contributed by atoms with van der Waals surface area (Å²) in [6.07, 6.45) is 2.79. The fraction of sp³-hybridized carbons (Fsp3) is 0.0667. The molecule has 2 N–H and O–H groups in total. The predicted octanol–water partition coefficient (Wildman–Crippen LogP) is 3.02. The van der Waals surface area contributed by atoms with Crippen molar-refractivity contribution >= 4 is 40.7 Å². The summed E-state index contributed by atoms with van der Waals surface area (Å²) < 4.78 is 5.29. The number of amides is 1. The predicted molar refractivity (Wildman–Crippen MR) is 89.9 cm³/mol. The van der Waals surface area contributed by atoms with Gasteiger partial charge < -0.3 is 9.73 Å². The SMILES string of the molecule is Cc1ccc(C=CC(=O)NC(=S)Nc2cccc([N+](=O)[O-])c2)o1. The van der Waals surface area contributed by atoms with E-state index >= 15 is 0 Å². The third-order valence-corrected chi connectivity index (χ3v) is 2.92. The first kappa shape index (κ1) is 16.4. The first-order valence-corrected chi connectivity index (χ1v) is 6.96. The number of thiocarbonyl (C=S) groups is 1. The van der Waals surface area contributed by atoms with Gasteiger partial charge in [-0.05, 0) is 43.4 Å². The molecule has 0 saturated carbocycles. The van der Waals surface area contributed by atoms with E-state index in [-0.39, 0.29) is 10.8 Å². The number of anilines is 1. The minimum absolute atomic E-state index is 0.0378. The minimum atomic E-state index is -0.513. The Labute approximate surface area is 137 Å². The Bertz CT molecular complexity index is 783. The monoisotopic (exact) mass is 331 g/mol. The molecule has 2 aromatic rings. The molecule has 0 unspecified atom stereocenters. The Morgan fingerprint density at radius 2 is 2.13 bits per heavy atom. The number of nitrogens with one attached hydrogen (secondary N) is 2. The van der Waals surface area contributed by atoms with Gasteiger partial charge in [-0.3, -0.25) is 20.2 Å². The number of carbonyl (C=O) groups excluding carboxylic acids is 1. The molecule has 0 aliphatic rings. The van der Waals surface area contributed by atoms with Crippen molar-refractivity contribution in [2.75, 3.05) is 5.32 Å². The van der Waals surface area contributed by atoms with Crippen LogP contribution in [0.4, 0.5) is 11.4 Å². The van der Waals surface area contributed by atoms with E-state index < -0.39 is 10.8 Å². The van der Waals surface area contributed by atoms with Crippen LogP contribution in [-0.4, -0.2) is 15.9 Å². The number of aryl methyl sites for hydroxylation is 1. The van der Waals surface area contributed by atoms with E-state index in [1.807, 2.05) is 0 Å². The van der Waals surface area contributed by atoms with Gasteiger partial charge in [0.25, 0.3) is 5.69 Å². The van der Waals surface area contributed by atoms with Crippen molar-refractivity contribution in [2.24, 2.45) is 0 Å². The Balaban J connectivity index is 1.91. The second kappa shape index (κ2) is 7.32. The van der Waals surface area contributed by atoms with Crippen LogP contribution in [0.5, 0.6) is 0 Å². The number of benzene rings is 1. The zero-order chi connectivity index (χ0) is 16.8. The quantitative estimate of drug-likeness (QED) is 0.387. The summed E-state index contributed by atoms with van der Waals surface area (Å²) in [5.74, 6) is 0.852. The van der Waals surface area contributed by atoms with Crippen molar-refractivity contribution in [1.82, 2.24) is 5.32 Å². The molecule has 118 valence electrons. The Morgan fingerprint density at radius 3 is 2.78 bits per heavy atom. The van der Waals surface area contributed by atoms with Crippen LogP contribution in [0.1, 0.15) is 11.5 Å². The molecule has 1 aromatic heterocycles. The average Bonchev–Trinajstić information content (AvgIpc) is 2.91. The lowest BCUT2D eigenvalue weighted by Crippen LogP contribution is -2.32. The number of nitro benzene ring substituents is 1. The molecule has 0 fully saturated rings. The van der Waals surface area contributed by atoms with E-state index in [1.165, 1.54) is 30.4 Å². The van der Waals surface area contributed by atoms with Crippen LogP contribution in [0.3, 0.4) is 0 Å². The first-order chi connectivity index (χ1) is 10.9. The van der Waals surface area contributed by atoms with E-state index in [9.17, 15) is 14.9 Å². The standard InChI is InChI=1S/C15H13N3O4S/c1-10-5-6-13(22-10)7-8-14(19)17-15(23)16-11-3-2-4-12(9-11)18(20)21/h2-9H,1H3,(H2,16,17,19,23). The van der Waals surface area contributed by atoms with Crippen LogP contribution >= 0.6 is 12.2 Å². The summed E-state index contributed by atoms with van der Waals surface area (Å²) in [5, 5.41) is 15.9. The van der Waals surface area contributed by atoms with Crippen LogP contribution < -0.4 is 10.6 Å². The molecule has 0 bridgehead atoms.